The highest BCUT2D eigenvalue weighted by molar-refractivity contribution is 5.01. The van der Waals surface area contributed by atoms with Gasteiger partial charge in [0.2, 0.25) is 0 Å². The van der Waals surface area contributed by atoms with Crippen LogP contribution in [0.5, 0.6) is 0 Å². The van der Waals surface area contributed by atoms with Gasteiger partial charge in [-0.15, -0.1) is 5.92 Å². The number of rotatable bonds is 9. The molecule has 0 aromatic heterocycles. The molecule has 0 spiro atoms. The molecule has 1 saturated heterocycles. The zero-order valence-electron chi connectivity index (χ0n) is 16.6. The Hall–Kier alpha value is -0.600. The van der Waals surface area contributed by atoms with Gasteiger partial charge in [-0.2, -0.15) is 0 Å². The van der Waals surface area contributed by atoms with Crippen LogP contribution in [0.15, 0.2) is 0 Å². The Bertz CT molecular complexity index is 371. The number of nitrogens with zero attached hydrogens (tertiary/aromatic N) is 2. The second-order valence-corrected chi connectivity index (χ2v) is 8.30. The van der Waals surface area contributed by atoms with E-state index in [1.54, 1.807) is 0 Å². The van der Waals surface area contributed by atoms with Crippen LogP contribution in [0.3, 0.4) is 0 Å². The Kier molecular flexibility index (Phi) is 10.6. The minimum atomic E-state index is 0.284. The van der Waals surface area contributed by atoms with Gasteiger partial charge in [0.25, 0.3) is 0 Å². The third-order valence-corrected chi connectivity index (χ3v) is 3.94. The van der Waals surface area contributed by atoms with E-state index in [2.05, 4.69) is 56.3 Å². The minimum absolute atomic E-state index is 0.284. The fourth-order valence-corrected chi connectivity index (χ4v) is 2.44. The molecule has 1 heterocycles. The van der Waals surface area contributed by atoms with Crippen LogP contribution in [0.2, 0.25) is 0 Å². The summed E-state index contributed by atoms with van der Waals surface area (Å²) in [6.07, 6.45) is 0.930. The highest BCUT2D eigenvalue weighted by atomic mass is 16.5. The maximum Gasteiger partial charge on any atom is 0.107 e. The summed E-state index contributed by atoms with van der Waals surface area (Å²) < 4.78 is 11.3. The number of hydrogen-bond donors (Lipinski definition) is 0. The number of ether oxygens (including phenoxy) is 2. The average molecular weight is 339 g/mol. The molecule has 4 heteroatoms. The lowest BCUT2D eigenvalue weighted by Gasteiger charge is -2.34. The Labute approximate surface area is 149 Å². The van der Waals surface area contributed by atoms with Crippen molar-refractivity contribution in [2.45, 2.75) is 41.0 Å². The molecule has 0 saturated carbocycles. The van der Waals surface area contributed by atoms with E-state index in [-0.39, 0.29) is 5.41 Å². The fraction of sp³-hybridized carbons (Fsp3) is 0.900. The lowest BCUT2D eigenvalue weighted by atomic mass is 9.93. The summed E-state index contributed by atoms with van der Waals surface area (Å²) in [5.74, 6) is 6.93. The Morgan fingerprint density at radius 2 is 1.42 bits per heavy atom. The van der Waals surface area contributed by atoms with E-state index in [1.165, 1.54) is 0 Å². The fourth-order valence-electron chi connectivity index (χ4n) is 2.44. The lowest BCUT2D eigenvalue weighted by molar-refractivity contribution is 0.0549. The van der Waals surface area contributed by atoms with Gasteiger partial charge in [-0.25, -0.2) is 0 Å². The largest absolute Gasteiger partial charge is 0.380 e. The summed E-state index contributed by atoms with van der Waals surface area (Å²) in [5, 5.41) is 0. The molecule has 0 aromatic rings. The van der Waals surface area contributed by atoms with Crippen molar-refractivity contribution in [3.63, 3.8) is 0 Å². The van der Waals surface area contributed by atoms with Crippen LogP contribution in [0, 0.1) is 23.2 Å². The molecule has 0 bridgehead atoms. The number of hydrogen-bond acceptors (Lipinski definition) is 4. The highest BCUT2D eigenvalue weighted by Gasteiger charge is 2.16. The molecule has 0 unspecified atom stereocenters. The predicted octanol–water partition coefficient (Wildman–Crippen LogP) is 2.73. The molecule has 0 amide bonds. The van der Waals surface area contributed by atoms with Crippen molar-refractivity contribution in [3.05, 3.63) is 0 Å². The lowest BCUT2D eigenvalue weighted by Crippen LogP contribution is -2.48. The molecule has 4 nitrogen and oxygen atoms in total. The van der Waals surface area contributed by atoms with Crippen LogP contribution >= 0.6 is 0 Å². The molecule has 0 radical (unpaired) electrons. The van der Waals surface area contributed by atoms with Gasteiger partial charge in [-0.05, 0) is 11.3 Å². The molecule has 1 aliphatic heterocycles. The first-order chi connectivity index (χ1) is 11.4. The van der Waals surface area contributed by atoms with E-state index < -0.39 is 0 Å². The second-order valence-electron chi connectivity index (χ2n) is 8.30. The minimum Gasteiger partial charge on any atom is -0.380 e. The van der Waals surface area contributed by atoms with Crippen molar-refractivity contribution in [2.24, 2.45) is 11.3 Å². The topological polar surface area (TPSA) is 24.9 Å². The van der Waals surface area contributed by atoms with Crippen LogP contribution in [0.4, 0.5) is 0 Å². The Morgan fingerprint density at radius 3 is 1.92 bits per heavy atom. The predicted molar refractivity (Wildman–Crippen MR) is 101 cm³/mol. The molecular weight excluding hydrogens is 300 g/mol. The summed E-state index contributed by atoms with van der Waals surface area (Å²) in [4.78, 5) is 4.98. The Morgan fingerprint density at radius 1 is 0.875 bits per heavy atom. The van der Waals surface area contributed by atoms with Crippen LogP contribution < -0.4 is 0 Å². The Balaban J connectivity index is 1.98. The maximum atomic E-state index is 5.67. The van der Waals surface area contributed by atoms with Gasteiger partial charge in [-0.3, -0.25) is 9.80 Å². The summed E-state index contributed by atoms with van der Waals surface area (Å²) in [6, 6.07) is 0. The van der Waals surface area contributed by atoms with Crippen molar-refractivity contribution < 1.29 is 9.47 Å². The van der Waals surface area contributed by atoms with Crippen molar-refractivity contribution >= 4 is 0 Å². The van der Waals surface area contributed by atoms with Gasteiger partial charge in [0.15, 0.2) is 0 Å². The van der Waals surface area contributed by atoms with E-state index in [9.17, 15) is 0 Å². The van der Waals surface area contributed by atoms with E-state index in [0.29, 0.717) is 12.5 Å². The van der Waals surface area contributed by atoms with E-state index in [4.69, 9.17) is 9.47 Å². The summed E-state index contributed by atoms with van der Waals surface area (Å²) in [7, 11) is 0. The summed E-state index contributed by atoms with van der Waals surface area (Å²) >= 11 is 0. The monoisotopic (exact) mass is 338 g/mol. The van der Waals surface area contributed by atoms with Crippen molar-refractivity contribution in [1.82, 2.24) is 9.80 Å². The van der Waals surface area contributed by atoms with Crippen LogP contribution in [-0.2, 0) is 9.47 Å². The van der Waals surface area contributed by atoms with Crippen molar-refractivity contribution in [2.75, 3.05) is 65.7 Å². The first kappa shape index (κ1) is 21.4. The first-order valence-corrected chi connectivity index (χ1v) is 9.43. The molecule has 1 rings (SSSR count). The first-order valence-electron chi connectivity index (χ1n) is 9.43. The normalized spacial score (nSPS) is 17.1. The van der Waals surface area contributed by atoms with Gasteiger partial charge in [0.05, 0.1) is 13.2 Å². The SMILES string of the molecule is CC(C)COCCN1CCN(CCOCC#CCC(C)(C)C)CC1. The smallest absolute Gasteiger partial charge is 0.107 e. The highest BCUT2D eigenvalue weighted by Crippen LogP contribution is 2.16. The number of piperazine rings is 1. The van der Waals surface area contributed by atoms with E-state index in [1.807, 2.05) is 0 Å². The van der Waals surface area contributed by atoms with Gasteiger partial charge >= 0.3 is 0 Å². The van der Waals surface area contributed by atoms with Gasteiger partial charge < -0.3 is 9.47 Å². The third kappa shape index (κ3) is 11.9. The van der Waals surface area contributed by atoms with Gasteiger partial charge in [0.1, 0.15) is 6.61 Å². The van der Waals surface area contributed by atoms with Crippen molar-refractivity contribution in [1.29, 1.82) is 0 Å². The molecule has 140 valence electrons. The van der Waals surface area contributed by atoms with Gasteiger partial charge in [-0.1, -0.05) is 40.5 Å². The van der Waals surface area contributed by atoms with Crippen LogP contribution in [-0.4, -0.2) is 75.5 Å². The van der Waals surface area contributed by atoms with E-state index >= 15 is 0 Å². The average Bonchev–Trinajstić information content (AvgIpc) is 2.50. The van der Waals surface area contributed by atoms with E-state index in [0.717, 1.165) is 65.5 Å². The molecule has 0 aromatic carbocycles. The van der Waals surface area contributed by atoms with Crippen LogP contribution in [0.25, 0.3) is 0 Å². The van der Waals surface area contributed by atoms with Crippen molar-refractivity contribution in [3.8, 4) is 11.8 Å². The molecular formula is C20H38N2O2. The summed E-state index contributed by atoms with van der Waals surface area (Å²) in [5.41, 5.74) is 0.284. The zero-order valence-corrected chi connectivity index (χ0v) is 16.6. The molecule has 1 aliphatic rings. The van der Waals surface area contributed by atoms with Crippen LogP contribution in [0.1, 0.15) is 41.0 Å². The molecule has 24 heavy (non-hydrogen) atoms. The molecule has 0 N–H and O–H groups in total. The van der Waals surface area contributed by atoms with Gasteiger partial charge in [0, 0.05) is 52.3 Å². The quantitative estimate of drug-likeness (QED) is 0.477. The maximum absolute atomic E-state index is 5.67. The molecule has 0 atom stereocenters. The third-order valence-electron chi connectivity index (χ3n) is 3.94. The molecule has 0 aliphatic carbocycles. The standard InChI is InChI=1S/C20H38N2O2/c1-19(2)18-24-17-14-22-11-9-21(10-12-22)13-16-23-15-7-6-8-20(3,4)5/h19H,8-18H2,1-5H3. The molecule has 1 fully saturated rings. The second kappa shape index (κ2) is 11.9. The summed E-state index contributed by atoms with van der Waals surface area (Å²) in [6.45, 7) is 20.7. The zero-order chi connectivity index (χ0) is 17.8.